The van der Waals surface area contributed by atoms with E-state index in [-0.39, 0.29) is 12.3 Å². The molecule has 3 aromatic rings. The molecule has 0 unspecified atom stereocenters. The van der Waals surface area contributed by atoms with Crippen molar-refractivity contribution in [1.82, 2.24) is 14.7 Å². The van der Waals surface area contributed by atoms with E-state index in [1.54, 1.807) is 18.0 Å². The molecular formula is C25H30N4O4. The maximum absolute atomic E-state index is 12.7. The van der Waals surface area contributed by atoms with Crippen LogP contribution in [0.3, 0.4) is 0 Å². The molecular weight excluding hydrogens is 420 g/mol. The van der Waals surface area contributed by atoms with Crippen molar-refractivity contribution in [3.63, 3.8) is 0 Å². The van der Waals surface area contributed by atoms with Gasteiger partial charge in [-0.1, -0.05) is 18.2 Å². The number of hydrogen-bond donors (Lipinski definition) is 1. The van der Waals surface area contributed by atoms with Crippen LogP contribution in [0.15, 0.2) is 54.7 Å². The molecule has 1 fully saturated rings. The molecule has 1 aliphatic rings. The molecule has 0 spiro atoms. The lowest BCUT2D eigenvalue weighted by Crippen LogP contribution is -2.38. The molecule has 0 radical (unpaired) electrons. The van der Waals surface area contributed by atoms with E-state index in [0.717, 1.165) is 55.4 Å². The highest BCUT2D eigenvalue weighted by Crippen LogP contribution is 2.32. The normalized spacial score (nSPS) is 14.1. The number of anilines is 1. The Morgan fingerprint density at radius 2 is 1.94 bits per heavy atom. The van der Waals surface area contributed by atoms with Crippen LogP contribution in [0.1, 0.15) is 5.56 Å². The average Bonchev–Trinajstić information content (AvgIpc) is 3.26. The third-order valence-electron chi connectivity index (χ3n) is 5.67. The Morgan fingerprint density at radius 3 is 2.70 bits per heavy atom. The first-order valence-corrected chi connectivity index (χ1v) is 11.1. The van der Waals surface area contributed by atoms with Crippen molar-refractivity contribution in [3.05, 3.63) is 60.3 Å². The van der Waals surface area contributed by atoms with Crippen molar-refractivity contribution in [3.8, 4) is 22.8 Å². The second-order valence-electron chi connectivity index (χ2n) is 7.89. The standard InChI is InChI=1S/C25H30N4O4/c1-28-22(9-10-26-28)21-18-20(27-25(30)17-19-5-3-4-6-23(19)31-2)7-8-24(21)33-16-13-29-11-14-32-15-12-29/h3-10,18H,11-17H2,1-2H3,(H,27,30). The van der Waals surface area contributed by atoms with Gasteiger partial charge in [-0.3, -0.25) is 14.4 Å². The van der Waals surface area contributed by atoms with E-state index >= 15 is 0 Å². The highest BCUT2D eigenvalue weighted by atomic mass is 16.5. The predicted molar refractivity (Wildman–Crippen MR) is 127 cm³/mol. The van der Waals surface area contributed by atoms with Gasteiger partial charge in [-0.25, -0.2) is 0 Å². The fourth-order valence-electron chi connectivity index (χ4n) is 3.91. The van der Waals surface area contributed by atoms with Crippen LogP contribution in [0.4, 0.5) is 5.69 Å². The number of methoxy groups -OCH3 is 1. The molecule has 1 N–H and O–H groups in total. The quantitative estimate of drug-likeness (QED) is 0.540. The van der Waals surface area contributed by atoms with Gasteiger partial charge < -0.3 is 19.5 Å². The van der Waals surface area contributed by atoms with Crippen LogP contribution in [-0.2, 0) is 23.0 Å². The average molecular weight is 451 g/mol. The first kappa shape index (κ1) is 22.8. The Labute approximate surface area is 194 Å². The zero-order valence-corrected chi connectivity index (χ0v) is 19.1. The predicted octanol–water partition coefficient (Wildman–Crippen LogP) is 2.99. The number of benzene rings is 2. The van der Waals surface area contributed by atoms with E-state index in [0.29, 0.717) is 18.0 Å². The lowest BCUT2D eigenvalue weighted by Gasteiger charge is -2.26. The van der Waals surface area contributed by atoms with Gasteiger partial charge in [-0.15, -0.1) is 0 Å². The van der Waals surface area contributed by atoms with Gasteiger partial charge in [-0.05, 0) is 30.3 Å². The summed E-state index contributed by atoms with van der Waals surface area (Å²) in [7, 11) is 3.49. The molecule has 0 saturated carbocycles. The number of para-hydroxylation sites is 1. The minimum absolute atomic E-state index is 0.114. The minimum atomic E-state index is -0.114. The molecule has 1 amide bonds. The molecule has 174 valence electrons. The van der Waals surface area contributed by atoms with Gasteiger partial charge in [0.25, 0.3) is 0 Å². The second kappa shape index (κ2) is 11.0. The van der Waals surface area contributed by atoms with Crippen LogP contribution in [0.25, 0.3) is 11.3 Å². The van der Waals surface area contributed by atoms with Crippen LogP contribution in [0.5, 0.6) is 11.5 Å². The van der Waals surface area contributed by atoms with E-state index < -0.39 is 0 Å². The van der Waals surface area contributed by atoms with Crippen LogP contribution >= 0.6 is 0 Å². The van der Waals surface area contributed by atoms with Crippen LogP contribution in [0, 0.1) is 0 Å². The zero-order valence-electron chi connectivity index (χ0n) is 19.1. The Hall–Kier alpha value is -3.36. The maximum Gasteiger partial charge on any atom is 0.228 e. The minimum Gasteiger partial charge on any atom is -0.496 e. The lowest BCUT2D eigenvalue weighted by atomic mass is 10.1. The van der Waals surface area contributed by atoms with Gasteiger partial charge in [0, 0.05) is 49.7 Å². The highest BCUT2D eigenvalue weighted by molar-refractivity contribution is 5.93. The number of rotatable bonds is 9. The summed E-state index contributed by atoms with van der Waals surface area (Å²) in [4.78, 5) is 15.0. The number of aryl methyl sites for hydroxylation is 1. The molecule has 0 atom stereocenters. The molecule has 33 heavy (non-hydrogen) atoms. The largest absolute Gasteiger partial charge is 0.496 e. The summed E-state index contributed by atoms with van der Waals surface area (Å²) in [6.07, 6.45) is 1.97. The van der Waals surface area contributed by atoms with Gasteiger partial charge in [0.05, 0.1) is 32.4 Å². The summed E-state index contributed by atoms with van der Waals surface area (Å²) in [6.45, 7) is 4.80. The van der Waals surface area contributed by atoms with E-state index in [4.69, 9.17) is 14.2 Å². The molecule has 1 saturated heterocycles. The van der Waals surface area contributed by atoms with E-state index in [1.165, 1.54) is 0 Å². The summed E-state index contributed by atoms with van der Waals surface area (Å²) in [5.74, 6) is 1.35. The van der Waals surface area contributed by atoms with Gasteiger partial charge in [0.15, 0.2) is 0 Å². The number of carbonyl (C=O) groups excluding carboxylic acids is 1. The Kier molecular flexibility index (Phi) is 7.59. The van der Waals surface area contributed by atoms with E-state index in [9.17, 15) is 4.79 Å². The highest BCUT2D eigenvalue weighted by Gasteiger charge is 2.15. The maximum atomic E-state index is 12.7. The van der Waals surface area contributed by atoms with Crippen LogP contribution in [0.2, 0.25) is 0 Å². The first-order valence-electron chi connectivity index (χ1n) is 11.1. The third kappa shape index (κ3) is 5.91. The molecule has 2 heterocycles. The van der Waals surface area contributed by atoms with Gasteiger partial charge in [0.1, 0.15) is 18.1 Å². The number of nitrogens with zero attached hydrogens (tertiary/aromatic N) is 3. The number of hydrogen-bond acceptors (Lipinski definition) is 6. The Balaban J connectivity index is 1.47. The second-order valence-corrected chi connectivity index (χ2v) is 7.89. The number of morpholine rings is 1. The number of carbonyl (C=O) groups is 1. The summed E-state index contributed by atoms with van der Waals surface area (Å²) >= 11 is 0. The van der Waals surface area contributed by atoms with Crippen LogP contribution < -0.4 is 14.8 Å². The van der Waals surface area contributed by atoms with Gasteiger partial charge in [0.2, 0.25) is 5.91 Å². The summed E-state index contributed by atoms with van der Waals surface area (Å²) in [5, 5.41) is 7.29. The van der Waals surface area contributed by atoms with Crippen molar-refractivity contribution >= 4 is 11.6 Å². The van der Waals surface area contributed by atoms with Crippen LogP contribution in [-0.4, -0.2) is 67.2 Å². The molecule has 1 aromatic heterocycles. The molecule has 1 aliphatic heterocycles. The van der Waals surface area contributed by atoms with E-state index in [2.05, 4.69) is 15.3 Å². The third-order valence-corrected chi connectivity index (χ3v) is 5.67. The van der Waals surface area contributed by atoms with Crippen molar-refractivity contribution < 1.29 is 19.0 Å². The van der Waals surface area contributed by atoms with E-state index in [1.807, 2.05) is 55.6 Å². The Bertz CT molecular complexity index is 1080. The van der Waals surface area contributed by atoms with Crippen molar-refractivity contribution in [2.24, 2.45) is 7.05 Å². The topological polar surface area (TPSA) is 77.8 Å². The SMILES string of the molecule is COc1ccccc1CC(=O)Nc1ccc(OCCN2CCOCC2)c(-c2ccnn2C)c1. The number of nitrogens with one attached hydrogen (secondary N) is 1. The number of amides is 1. The molecule has 8 nitrogen and oxygen atoms in total. The molecule has 0 bridgehead atoms. The first-order chi connectivity index (χ1) is 16.1. The number of ether oxygens (including phenoxy) is 3. The fraction of sp³-hybridized carbons (Fsp3) is 0.360. The monoisotopic (exact) mass is 450 g/mol. The zero-order chi connectivity index (χ0) is 23.0. The summed E-state index contributed by atoms with van der Waals surface area (Å²) in [6, 6.07) is 15.2. The molecule has 2 aromatic carbocycles. The van der Waals surface area contributed by atoms with Crippen molar-refractivity contribution in [2.45, 2.75) is 6.42 Å². The van der Waals surface area contributed by atoms with Crippen molar-refractivity contribution in [1.29, 1.82) is 0 Å². The Morgan fingerprint density at radius 1 is 1.12 bits per heavy atom. The van der Waals surface area contributed by atoms with Gasteiger partial charge >= 0.3 is 0 Å². The molecule has 4 rings (SSSR count). The lowest BCUT2D eigenvalue weighted by molar-refractivity contribution is -0.115. The summed E-state index contributed by atoms with van der Waals surface area (Å²) in [5.41, 5.74) is 3.34. The van der Waals surface area contributed by atoms with Crippen molar-refractivity contribution in [2.75, 3.05) is 51.9 Å². The number of aromatic nitrogens is 2. The summed E-state index contributed by atoms with van der Waals surface area (Å²) < 4.78 is 18.7. The fourth-order valence-corrected chi connectivity index (χ4v) is 3.91. The molecule has 8 heteroatoms. The van der Waals surface area contributed by atoms with Gasteiger partial charge in [-0.2, -0.15) is 5.10 Å². The molecule has 0 aliphatic carbocycles. The smallest absolute Gasteiger partial charge is 0.228 e.